The molecule has 0 unspecified atom stereocenters. The first-order valence-corrected chi connectivity index (χ1v) is 8.77. The van der Waals surface area contributed by atoms with Gasteiger partial charge >= 0.3 is 5.97 Å². The highest BCUT2D eigenvalue weighted by Gasteiger charge is 2.34. The van der Waals surface area contributed by atoms with Gasteiger partial charge in [0.2, 0.25) is 0 Å². The monoisotopic (exact) mass is 402 g/mol. The molecule has 0 spiro atoms. The number of nitrogens with zero attached hydrogens (tertiary/aromatic N) is 3. The van der Waals surface area contributed by atoms with Crippen LogP contribution >= 0.6 is 15.9 Å². The van der Waals surface area contributed by atoms with Crippen molar-refractivity contribution in [3.8, 4) is 0 Å². The van der Waals surface area contributed by atoms with Gasteiger partial charge in [-0.1, -0.05) is 15.9 Å². The Bertz CT molecular complexity index is 869. The molecular formula is C18H19BrN4O2. The minimum absolute atomic E-state index is 0.0450. The summed E-state index contributed by atoms with van der Waals surface area (Å²) in [6.07, 6.45) is 4.85. The smallest absolute Gasteiger partial charge is 0.308 e. The van der Waals surface area contributed by atoms with E-state index in [0.717, 1.165) is 21.1 Å². The number of fused-ring (bicyclic) bond motifs is 1. The summed E-state index contributed by atoms with van der Waals surface area (Å²) in [7, 11) is 1.41. The molecule has 0 amide bonds. The van der Waals surface area contributed by atoms with Crippen molar-refractivity contribution in [2.75, 3.05) is 7.11 Å². The second-order valence-electron chi connectivity index (χ2n) is 6.11. The zero-order chi connectivity index (χ0) is 18.0. The summed E-state index contributed by atoms with van der Waals surface area (Å²) in [5, 5.41) is 0. The van der Waals surface area contributed by atoms with Crippen LogP contribution in [0.5, 0.6) is 0 Å². The number of rotatable bonds is 4. The third-order valence-corrected chi connectivity index (χ3v) is 4.76. The first-order chi connectivity index (χ1) is 12.0. The van der Waals surface area contributed by atoms with E-state index in [-0.39, 0.29) is 17.9 Å². The number of hydrogen-bond donors (Lipinski definition) is 1. The van der Waals surface area contributed by atoms with Gasteiger partial charge in [0.05, 0.1) is 42.0 Å². The van der Waals surface area contributed by atoms with Crippen molar-refractivity contribution < 1.29 is 9.53 Å². The van der Waals surface area contributed by atoms with Crippen LogP contribution < -0.4 is 5.73 Å². The number of carbonyl (C=O) groups is 1. The Morgan fingerprint density at radius 1 is 1.40 bits per heavy atom. The molecule has 1 saturated carbocycles. The quantitative estimate of drug-likeness (QED) is 0.626. The average Bonchev–Trinajstić information content (AvgIpc) is 2.55. The lowest BCUT2D eigenvalue weighted by Gasteiger charge is -2.30. The van der Waals surface area contributed by atoms with Gasteiger partial charge in [0, 0.05) is 22.0 Å². The number of hydrogen-bond acceptors (Lipinski definition) is 6. The van der Waals surface area contributed by atoms with Crippen LogP contribution in [0.3, 0.4) is 0 Å². The second kappa shape index (κ2) is 7.31. The largest absolute Gasteiger partial charge is 0.469 e. The molecule has 1 heterocycles. The summed E-state index contributed by atoms with van der Waals surface area (Å²) >= 11 is 3.44. The zero-order valence-electron chi connectivity index (χ0n) is 14.1. The Labute approximate surface area is 154 Å². The van der Waals surface area contributed by atoms with Gasteiger partial charge in [-0.05, 0) is 38.0 Å². The molecule has 1 aliphatic carbocycles. The molecule has 2 aromatic rings. The highest BCUT2D eigenvalue weighted by atomic mass is 79.9. The van der Waals surface area contributed by atoms with Crippen molar-refractivity contribution in [1.29, 1.82) is 0 Å². The topological polar surface area (TPSA) is 90.5 Å². The number of carbonyl (C=O) groups excluding carboxylic acids is 1. The predicted molar refractivity (Wildman–Crippen MR) is 101 cm³/mol. The molecule has 1 aromatic carbocycles. The van der Waals surface area contributed by atoms with Gasteiger partial charge in [-0.15, -0.1) is 0 Å². The average molecular weight is 403 g/mol. The summed E-state index contributed by atoms with van der Waals surface area (Å²) < 4.78 is 5.69. The first kappa shape index (κ1) is 17.5. The second-order valence-corrected chi connectivity index (χ2v) is 7.02. The summed E-state index contributed by atoms with van der Waals surface area (Å²) in [5.41, 5.74) is 9.67. The summed E-state index contributed by atoms with van der Waals surface area (Å²) in [5.74, 6) is -0.209. The Hall–Kier alpha value is -2.28. The van der Waals surface area contributed by atoms with Crippen LogP contribution in [-0.4, -0.2) is 35.3 Å². The maximum Gasteiger partial charge on any atom is 0.308 e. The highest BCUT2D eigenvalue weighted by Crippen LogP contribution is 2.31. The van der Waals surface area contributed by atoms with Gasteiger partial charge in [-0.3, -0.25) is 14.8 Å². The van der Waals surface area contributed by atoms with Crippen LogP contribution in [0.1, 0.15) is 25.5 Å². The van der Waals surface area contributed by atoms with Gasteiger partial charge in [0.1, 0.15) is 0 Å². The summed E-state index contributed by atoms with van der Waals surface area (Å²) in [6.45, 7) is 1.81. The predicted octanol–water partition coefficient (Wildman–Crippen LogP) is 3.10. The number of allylic oxidation sites excluding steroid dienone is 2. The third-order valence-electron chi connectivity index (χ3n) is 4.27. The third kappa shape index (κ3) is 3.87. The van der Waals surface area contributed by atoms with Gasteiger partial charge in [-0.2, -0.15) is 0 Å². The summed E-state index contributed by atoms with van der Waals surface area (Å²) in [4.78, 5) is 25.1. The van der Waals surface area contributed by atoms with Crippen LogP contribution in [0.2, 0.25) is 0 Å². The Morgan fingerprint density at radius 3 is 2.84 bits per heavy atom. The van der Waals surface area contributed by atoms with Crippen LogP contribution in [0.25, 0.3) is 16.6 Å². The fourth-order valence-electron chi connectivity index (χ4n) is 2.73. The molecule has 0 radical (unpaired) electrons. The number of esters is 1. The number of methoxy groups -OCH3 is 1. The Morgan fingerprint density at radius 2 is 2.16 bits per heavy atom. The lowest BCUT2D eigenvalue weighted by atomic mass is 9.81. The van der Waals surface area contributed by atoms with Gasteiger partial charge in [0.25, 0.3) is 0 Å². The standard InChI is InChI=1S/C18H19BrN4O2/c1-10(20)14(8-21-13-5-11(6-13)18(24)25-2)17-9-22-15-4-3-12(19)7-16(15)23-17/h3-4,7-9,11,13H,5-6,20H2,1-2H3. The van der Waals surface area contributed by atoms with Crippen LogP contribution in [-0.2, 0) is 9.53 Å². The molecule has 3 rings (SSSR count). The van der Waals surface area contributed by atoms with Gasteiger partial charge in [0.15, 0.2) is 0 Å². The number of nitrogens with two attached hydrogens (primary N) is 1. The van der Waals surface area contributed by atoms with Crippen LogP contribution in [0, 0.1) is 5.92 Å². The minimum Gasteiger partial charge on any atom is -0.469 e. The van der Waals surface area contributed by atoms with E-state index < -0.39 is 0 Å². The lowest BCUT2D eigenvalue weighted by Crippen LogP contribution is -2.34. The van der Waals surface area contributed by atoms with Gasteiger partial charge in [-0.25, -0.2) is 4.98 Å². The van der Waals surface area contributed by atoms with Crippen molar-refractivity contribution in [2.24, 2.45) is 16.6 Å². The zero-order valence-corrected chi connectivity index (χ0v) is 15.7. The van der Waals surface area contributed by atoms with E-state index >= 15 is 0 Å². The van der Waals surface area contributed by atoms with E-state index in [0.29, 0.717) is 24.2 Å². The molecule has 1 aliphatic rings. The highest BCUT2D eigenvalue weighted by molar-refractivity contribution is 9.10. The van der Waals surface area contributed by atoms with E-state index in [2.05, 4.69) is 30.9 Å². The number of ether oxygens (including phenoxy) is 1. The molecule has 0 aliphatic heterocycles. The maximum absolute atomic E-state index is 11.4. The van der Waals surface area contributed by atoms with Crippen molar-refractivity contribution in [3.63, 3.8) is 0 Å². The van der Waals surface area contributed by atoms with Gasteiger partial charge < -0.3 is 10.5 Å². The van der Waals surface area contributed by atoms with E-state index in [1.54, 1.807) is 12.4 Å². The molecule has 25 heavy (non-hydrogen) atoms. The molecule has 0 bridgehead atoms. The molecule has 1 aromatic heterocycles. The molecule has 130 valence electrons. The molecule has 0 saturated heterocycles. The number of halogens is 1. The van der Waals surface area contributed by atoms with Crippen molar-refractivity contribution in [3.05, 3.63) is 40.3 Å². The fourth-order valence-corrected chi connectivity index (χ4v) is 3.08. The Balaban J connectivity index is 1.80. The lowest BCUT2D eigenvalue weighted by molar-refractivity contribution is -0.148. The molecule has 7 heteroatoms. The van der Waals surface area contributed by atoms with Crippen molar-refractivity contribution in [2.45, 2.75) is 25.8 Å². The first-order valence-electron chi connectivity index (χ1n) is 7.98. The van der Waals surface area contributed by atoms with Crippen LogP contribution in [0.15, 0.2) is 39.6 Å². The SMILES string of the molecule is COC(=O)C1CC(N=CC(=C(C)N)c2cnc3ccc(Br)cc3n2)C1. The molecule has 6 nitrogen and oxygen atoms in total. The number of aromatic nitrogens is 2. The van der Waals surface area contributed by atoms with Crippen molar-refractivity contribution in [1.82, 2.24) is 9.97 Å². The van der Waals surface area contributed by atoms with Crippen LogP contribution in [0.4, 0.5) is 0 Å². The van der Waals surface area contributed by atoms with E-state index in [4.69, 9.17) is 10.5 Å². The summed E-state index contributed by atoms with van der Waals surface area (Å²) in [6, 6.07) is 5.86. The Kier molecular flexibility index (Phi) is 5.13. The van der Waals surface area contributed by atoms with E-state index in [1.165, 1.54) is 7.11 Å². The maximum atomic E-state index is 11.4. The molecule has 0 atom stereocenters. The fraction of sp³-hybridized carbons (Fsp3) is 0.333. The molecular weight excluding hydrogens is 384 g/mol. The van der Waals surface area contributed by atoms with E-state index in [9.17, 15) is 4.79 Å². The number of benzene rings is 1. The molecule has 2 N–H and O–H groups in total. The number of aliphatic imine (C=N–C) groups is 1. The normalized spacial score (nSPS) is 21.1. The minimum atomic E-state index is -0.164. The van der Waals surface area contributed by atoms with E-state index in [1.807, 2.05) is 25.1 Å². The van der Waals surface area contributed by atoms with Crippen molar-refractivity contribution >= 4 is 44.7 Å². The molecule has 1 fully saturated rings.